The molecular formula is C10H16INO. The maximum atomic E-state index is 11.6. The first kappa shape index (κ1) is 11.0. The molecule has 74 valence electrons. The van der Waals surface area contributed by atoms with Gasteiger partial charge in [0.25, 0.3) is 0 Å². The minimum absolute atomic E-state index is 0.251. The van der Waals surface area contributed by atoms with Crippen LogP contribution in [-0.4, -0.2) is 17.4 Å². The summed E-state index contributed by atoms with van der Waals surface area (Å²) in [5.41, 5.74) is 0. The van der Waals surface area contributed by atoms with Crippen molar-refractivity contribution in [3.8, 4) is 0 Å². The number of hydrogen-bond acceptors (Lipinski definition) is 1. The summed E-state index contributed by atoms with van der Waals surface area (Å²) in [5.74, 6) is 0.251. The standard InChI is InChI=1S/C10H16INO/c1-9(11)12-8-6-4-2-3-5-7-10(12)13/h1-8H2. The van der Waals surface area contributed by atoms with Crippen molar-refractivity contribution in [2.45, 2.75) is 38.5 Å². The number of nitrogens with zero attached hydrogens (tertiary/aromatic N) is 1. The van der Waals surface area contributed by atoms with E-state index in [1.165, 1.54) is 19.3 Å². The maximum absolute atomic E-state index is 11.6. The van der Waals surface area contributed by atoms with Crippen molar-refractivity contribution in [3.63, 3.8) is 0 Å². The van der Waals surface area contributed by atoms with E-state index in [0.717, 1.165) is 23.1 Å². The largest absolute Gasteiger partial charge is 0.308 e. The molecule has 0 bridgehead atoms. The summed E-state index contributed by atoms with van der Waals surface area (Å²) in [6.45, 7) is 4.69. The van der Waals surface area contributed by atoms with Crippen LogP contribution in [-0.2, 0) is 4.79 Å². The Morgan fingerprint density at radius 1 is 1.23 bits per heavy atom. The lowest BCUT2D eigenvalue weighted by Crippen LogP contribution is -2.28. The van der Waals surface area contributed by atoms with E-state index >= 15 is 0 Å². The Kier molecular flexibility index (Phi) is 4.77. The highest BCUT2D eigenvalue weighted by atomic mass is 127. The van der Waals surface area contributed by atoms with Gasteiger partial charge in [-0.2, -0.15) is 0 Å². The third-order valence-electron chi connectivity index (χ3n) is 2.37. The molecule has 0 aromatic rings. The van der Waals surface area contributed by atoms with Crippen LogP contribution in [0.5, 0.6) is 0 Å². The normalized spacial score (nSPS) is 20.4. The second-order valence-corrected chi connectivity index (χ2v) is 4.68. The van der Waals surface area contributed by atoms with E-state index in [0.29, 0.717) is 6.42 Å². The van der Waals surface area contributed by atoms with Crippen molar-refractivity contribution in [1.29, 1.82) is 0 Å². The Hall–Kier alpha value is -0.0600. The van der Waals surface area contributed by atoms with E-state index < -0.39 is 0 Å². The zero-order chi connectivity index (χ0) is 9.68. The highest BCUT2D eigenvalue weighted by molar-refractivity contribution is 14.1. The van der Waals surface area contributed by atoms with Gasteiger partial charge in [0.05, 0.1) is 3.70 Å². The molecule has 0 aromatic carbocycles. The summed E-state index contributed by atoms with van der Waals surface area (Å²) in [5, 5.41) is 0. The fourth-order valence-corrected chi connectivity index (χ4v) is 2.10. The summed E-state index contributed by atoms with van der Waals surface area (Å²) in [4.78, 5) is 13.4. The molecule has 13 heavy (non-hydrogen) atoms. The van der Waals surface area contributed by atoms with Crippen LogP contribution in [0, 0.1) is 0 Å². The first-order valence-corrected chi connectivity index (χ1v) is 5.94. The summed E-state index contributed by atoms with van der Waals surface area (Å²) < 4.78 is 0.865. The molecule has 0 unspecified atom stereocenters. The topological polar surface area (TPSA) is 20.3 Å². The van der Waals surface area contributed by atoms with Gasteiger partial charge in [0.1, 0.15) is 0 Å². The molecule has 1 amide bonds. The van der Waals surface area contributed by atoms with Crippen LogP contribution in [0.3, 0.4) is 0 Å². The summed E-state index contributed by atoms with van der Waals surface area (Å²) in [6.07, 6.45) is 6.57. The molecule has 1 fully saturated rings. The molecule has 1 rings (SSSR count). The van der Waals surface area contributed by atoms with Gasteiger partial charge in [-0.1, -0.05) is 25.8 Å². The Balaban J connectivity index is 2.55. The average molecular weight is 293 g/mol. The van der Waals surface area contributed by atoms with Gasteiger partial charge in [0.2, 0.25) is 5.91 Å². The summed E-state index contributed by atoms with van der Waals surface area (Å²) in [6, 6.07) is 0. The molecule has 1 saturated heterocycles. The molecule has 1 aliphatic rings. The molecule has 0 spiro atoms. The third kappa shape index (κ3) is 3.67. The predicted molar refractivity (Wildman–Crippen MR) is 62.6 cm³/mol. The van der Waals surface area contributed by atoms with Crippen LogP contribution in [0.25, 0.3) is 0 Å². The first-order valence-electron chi connectivity index (χ1n) is 4.86. The van der Waals surface area contributed by atoms with Gasteiger partial charge in [-0.25, -0.2) is 0 Å². The lowest BCUT2D eigenvalue weighted by Gasteiger charge is -2.20. The van der Waals surface area contributed by atoms with Crippen molar-refractivity contribution in [2.75, 3.05) is 6.54 Å². The van der Waals surface area contributed by atoms with Gasteiger partial charge in [-0.05, 0) is 35.4 Å². The second-order valence-electron chi connectivity index (χ2n) is 3.44. The number of carbonyl (C=O) groups excluding carboxylic acids is 1. The second kappa shape index (κ2) is 5.62. The number of amides is 1. The SMILES string of the molecule is C=C(I)N1CCCCCCCC1=O. The van der Waals surface area contributed by atoms with Crippen LogP contribution in [0.1, 0.15) is 38.5 Å². The van der Waals surface area contributed by atoms with Gasteiger partial charge in [-0.3, -0.25) is 4.79 Å². The number of carbonyl (C=O) groups is 1. The molecule has 3 heteroatoms. The smallest absolute Gasteiger partial charge is 0.227 e. The van der Waals surface area contributed by atoms with Gasteiger partial charge >= 0.3 is 0 Å². The van der Waals surface area contributed by atoms with Crippen molar-refractivity contribution >= 4 is 28.5 Å². The summed E-state index contributed by atoms with van der Waals surface area (Å²) in [7, 11) is 0. The lowest BCUT2D eigenvalue weighted by atomic mass is 10.1. The molecule has 0 atom stereocenters. The zero-order valence-electron chi connectivity index (χ0n) is 7.89. The van der Waals surface area contributed by atoms with Crippen LogP contribution in [0.15, 0.2) is 10.3 Å². The van der Waals surface area contributed by atoms with E-state index in [9.17, 15) is 4.79 Å². The Morgan fingerprint density at radius 2 is 1.85 bits per heavy atom. The van der Waals surface area contributed by atoms with E-state index in [1.807, 2.05) is 4.90 Å². The van der Waals surface area contributed by atoms with Crippen LogP contribution < -0.4 is 0 Å². The van der Waals surface area contributed by atoms with Crippen molar-refractivity contribution in [3.05, 3.63) is 10.3 Å². The fraction of sp³-hybridized carbons (Fsp3) is 0.700. The molecule has 0 N–H and O–H groups in total. The Bertz CT molecular complexity index is 203. The fourth-order valence-electron chi connectivity index (χ4n) is 1.59. The van der Waals surface area contributed by atoms with Crippen LogP contribution in [0.4, 0.5) is 0 Å². The lowest BCUT2D eigenvalue weighted by molar-refractivity contribution is -0.128. The van der Waals surface area contributed by atoms with E-state index in [2.05, 4.69) is 29.2 Å². The highest BCUT2D eigenvalue weighted by Crippen LogP contribution is 2.18. The molecule has 0 radical (unpaired) electrons. The third-order valence-corrected chi connectivity index (χ3v) is 2.95. The summed E-state index contributed by atoms with van der Waals surface area (Å²) >= 11 is 2.13. The van der Waals surface area contributed by atoms with E-state index in [-0.39, 0.29) is 5.91 Å². The molecular weight excluding hydrogens is 277 g/mol. The monoisotopic (exact) mass is 293 g/mol. The number of rotatable bonds is 1. The predicted octanol–water partition coefficient (Wildman–Crippen LogP) is 3.08. The van der Waals surface area contributed by atoms with Gasteiger partial charge in [-0.15, -0.1) is 0 Å². The van der Waals surface area contributed by atoms with Crippen molar-refractivity contribution < 1.29 is 4.79 Å². The quantitative estimate of drug-likeness (QED) is 0.537. The van der Waals surface area contributed by atoms with E-state index in [1.54, 1.807) is 0 Å². The van der Waals surface area contributed by atoms with Crippen LogP contribution in [0.2, 0.25) is 0 Å². The van der Waals surface area contributed by atoms with Gasteiger partial charge in [0.15, 0.2) is 0 Å². The minimum atomic E-state index is 0.251. The highest BCUT2D eigenvalue weighted by Gasteiger charge is 2.15. The molecule has 0 saturated carbocycles. The average Bonchev–Trinajstić information content (AvgIpc) is 2.16. The number of halogens is 1. The maximum Gasteiger partial charge on any atom is 0.227 e. The van der Waals surface area contributed by atoms with E-state index in [4.69, 9.17) is 0 Å². The minimum Gasteiger partial charge on any atom is -0.308 e. The molecule has 0 aromatic heterocycles. The molecule has 0 aliphatic carbocycles. The Morgan fingerprint density at radius 3 is 2.54 bits per heavy atom. The zero-order valence-corrected chi connectivity index (χ0v) is 10.0. The molecule has 1 aliphatic heterocycles. The van der Waals surface area contributed by atoms with Crippen molar-refractivity contribution in [1.82, 2.24) is 4.90 Å². The molecule has 2 nitrogen and oxygen atoms in total. The van der Waals surface area contributed by atoms with Gasteiger partial charge in [0, 0.05) is 13.0 Å². The van der Waals surface area contributed by atoms with Gasteiger partial charge < -0.3 is 4.90 Å². The van der Waals surface area contributed by atoms with Crippen LogP contribution >= 0.6 is 22.6 Å². The number of hydrogen-bond donors (Lipinski definition) is 0. The molecule has 1 heterocycles. The van der Waals surface area contributed by atoms with Crippen molar-refractivity contribution in [2.24, 2.45) is 0 Å². The first-order chi connectivity index (χ1) is 6.22. The Labute approximate surface area is 93.5 Å².